The number of nitrogens with zero attached hydrogens (tertiary/aromatic N) is 3. The zero-order valence-electron chi connectivity index (χ0n) is 23.4. The monoisotopic (exact) mass is 573 g/mol. The minimum absolute atomic E-state index is 0.00653. The number of nitrogens with one attached hydrogen (secondary N) is 2. The van der Waals surface area contributed by atoms with Gasteiger partial charge in [-0.3, -0.25) is 0 Å². The summed E-state index contributed by atoms with van der Waals surface area (Å²) in [6.07, 6.45) is 1.35. The number of benzene rings is 3. The molecular formula is C32H33ClFN5O2. The van der Waals surface area contributed by atoms with Gasteiger partial charge in [-0.25, -0.2) is 19.0 Å². The third-order valence-electron chi connectivity index (χ3n) is 7.30. The summed E-state index contributed by atoms with van der Waals surface area (Å²) in [5, 5.41) is 3.72. The molecule has 9 heteroatoms. The summed E-state index contributed by atoms with van der Waals surface area (Å²) in [6, 6.07) is 18.9. The number of carbonyl (C=O) groups excluding carboxylic acids is 1. The first-order chi connectivity index (χ1) is 19.6. The Morgan fingerprint density at radius 1 is 1.17 bits per heavy atom. The molecule has 1 saturated heterocycles. The molecule has 0 radical (unpaired) electrons. The van der Waals surface area contributed by atoms with Crippen molar-refractivity contribution in [3.63, 3.8) is 0 Å². The summed E-state index contributed by atoms with van der Waals surface area (Å²) in [4.78, 5) is 25.8. The molecule has 1 aromatic heterocycles. The molecule has 1 aliphatic rings. The fourth-order valence-corrected chi connectivity index (χ4v) is 5.44. The predicted molar refractivity (Wildman–Crippen MR) is 159 cm³/mol. The van der Waals surface area contributed by atoms with Crippen LogP contribution >= 0.6 is 11.6 Å². The number of aromatic nitrogens is 2. The van der Waals surface area contributed by atoms with Gasteiger partial charge in [-0.2, -0.15) is 0 Å². The molecule has 0 bridgehead atoms. The van der Waals surface area contributed by atoms with Gasteiger partial charge in [-0.1, -0.05) is 54.1 Å². The second kappa shape index (κ2) is 11.9. The van der Waals surface area contributed by atoms with E-state index in [0.29, 0.717) is 42.2 Å². The molecule has 0 aliphatic carbocycles. The van der Waals surface area contributed by atoms with E-state index in [9.17, 15) is 9.18 Å². The quantitative estimate of drug-likeness (QED) is 0.229. The van der Waals surface area contributed by atoms with Gasteiger partial charge in [-0.05, 0) is 68.4 Å². The second-order valence-electron chi connectivity index (χ2n) is 11.4. The van der Waals surface area contributed by atoms with E-state index >= 15 is 0 Å². The first-order valence-corrected chi connectivity index (χ1v) is 14.1. The van der Waals surface area contributed by atoms with E-state index in [-0.39, 0.29) is 23.1 Å². The lowest BCUT2D eigenvalue weighted by Crippen LogP contribution is -2.44. The average molecular weight is 574 g/mol. The van der Waals surface area contributed by atoms with Gasteiger partial charge in [0.15, 0.2) is 5.69 Å². The van der Waals surface area contributed by atoms with E-state index in [4.69, 9.17) is 22.9 Å². The van der Waals surface area contributed by atoms with Crippen molar-refractivity contribution in [3.8, 4) is 11.1 Å². The molecule has 41 heavy (non-hydrogen) atoms. The van der Waals surface area contributed by atoms with Crippen LogP contribution in [0.25, 0.3) is 27.0 Å². The van der Waals surface area contributed by atoms with Crippen LogP contribution in [-0.4, -0.2) is 39.7 Å². The predicted octanol–water partition coefficient (Wildman–Crippen LogP) is 8.05. The van der Waals surface area contributed by atoms with Gasteiger partial charge in [-0.15, -0.1) is 0 Å². The number of rotatable bonds is 6. The van der Waals surface area contributed by atoms with E-state index in [2.05, 4.69) is 44.4 Å². The van der Waals surface area contributed by atoms with Crippen LogP contribution in [0.1, 0.15) is 51.0 Å². The second-order valence-corrected chi connectivity index (χ2v) is 11.8. The van der Waals surface area contributed by atoms with Crippen LogP contribution in [0.3, 0.4) is 0 Å². The number of fused-ring (bicyclic) bond motifs is 1. The Labute approximate surface area is 244 Å². The molecule has 1 amide bonds. The van der Waals surface area contributed by atoms with Crippen LogP contribution in [-0.2, 0) is 11.3 Å². The Hall–Kier alpha value is -3.93. The van der Waals surface area contributed by atoms with Crippen LogP contribution in [0.15, 0.2) is 60.7 Å². The fourth-order valence-electron chi connectivity index (χ4n) is 5.28. The molecule has 5 rings (SSSR count). The van der Waals surface area contributed by atoms with Gasteiger partial charge in [0.05, 0.1) is 29.2 Å². The molecule has 2 N–H and O–H groups in total. The number of ether oxygens (including phenoxy) is 1. The van der Waals surface area contributed by atoms with Gasteiger partial charge in [0, 0.05) is 25.2 Å². The minimum Gasteiger partial charge on any atom is -0.444 e. The van der Waals surface area contributed by atoms with Gasteiger partial charge in [0.2, 0.25) is 0 Å². The summed E-state index contributed by atoms with van der Waals surface area (Å²) in [5.41, 5.74) is 4.43. The number of halogens is 2. The van der Waals surface area contributed by atoms with E-state index in [1.54, 1.807) is 11.0 Å². The highest BCUT2D eigenvalue weighted by Crippen LogP contribution is 2.34. The van der Waals surface area contributed by atoms with Gasteiger partial charge < -0.3 is 19.9 Å². The number of carbonyl (C=O) groups is 1. The van der Waals surface area contributed by atoms with Crippen LogP contribution in [0.4, 0.5) is 14.9 Å². The van der Waals surface area contributed by atoms with Crippen molar-refractivity contribution in [2.24, 2.45) is 5.92 Å². The summed E-state index contributed by atoms with van der Waals surface area (Å²) in [7, 11) is 0. The molecule has 1 unspecified atom stereocenters. The smallest absolute Gasteiger partial charge is 0.410 e. The average Bonchev–Trinajstić information content (AvgIpc) is 3.34. The number of aromatic amines is 1. The number of likely N-dealkylation sites (tertiary alicyclic amines) is 1. The summed E-state index contributed by atoms with van der Waals surface area (Å²) >= 11 is 5.95. The highest BCUT2D eigenvalue weighted by Gasteiger charge is 2.31. The van der Waals surface area contributed by atoms with Crippen molar-refractivity contribution in [1.82, 2.24) is 20.2 Å². The number of piperidine rings is 1. The summed E-state index contributed by atoms with van der Waals surface area (Å²) in [6.45, 7) is 14.6. The van der Waals surface area contributed by atoms with Crippen molar-refractivity contribution in [3.05, 3.63) is 94.3 Å². The first kappa shape index (κ1) is 28.6. The standard InChI is InChI=1S/C32H33ClFN5O2/c1-32(2,3)41-31(40)39-14-12-22(13-15-39)30(36-19-29-37-27-17-25(33)26(34)18-28(27)38-29)21-10-8-20(9-11-21)23-6-5-7-24(16-23)35-4/h5-11,16-18,22,30,36H,12-15,19H2,1-3H3,(H,37,38). The highest BCUT2D eigenvalue weighted by atomic mass is 35.5. The Morgan fingerprint density at radius 3 is 2.59 bits per heavy atom. The molecule has 4 aromatic rings. The maximum absolute atomic E-state index is 14.0. The molecule has 0 spiro atoms. The lowest BCUT2D eigenvalue weighted by Gasteiger charge is -2.37. The Morgan fingerprint density at radius 2 is 1.90 bits per heavy atom. The van der Waals surface area contributed by atoms with E-state index in [1.807, 2.05) is 39.0 Å². The molecule has 3 aromatic carbocycles. The van der Waals surface area contributed by atoms with Crippen LogP contribution in [0.5, 0.6) is 0 Å². The molecule has 7 nitrogen and oxygen atoms in total. The highest BCUT2D eigenvalue weighted by molar-refractivity contribution is 6.31. The molecule has 212 valence electrons. The van der Waals surface area contributed by atoms with Crippen LogP contribution in [0, 0.1) is 18.3 Å². The van der Waals surface area contributed by atoms with Crippen LogP contribution in [0.2, 0.25) is 5.02 Å². The van der Waals surface area contributed by atoms with Crippen molar-refractivity contribution in [2.75, 3.05) is 13.1 Å². The minimum atomic E-state index is -0.534. The number of imidazole rings is 1. The van der Waals surface area contributed by atoms with Crippen molar-refractivity contribution < 1.29 is 13.9 Å². The summed E-state index contributed by atoms with van der Waals surface area (Å²) < 4.78 is 19.6. The number of hydrogen-bond acceptors (Lipinski definition) is 4. The number of H-pyrrole nitrogens is 1. The maximum Gasteiger partial charge on any atom is 0.410 e. The summed E-state index contributed by atoms with van der Waals surface area (Å²) in [5.74, 6) is 0.464. The first-order valence-electron chi connectivity index (χ1n) is 13.7. The van der Waals surface area contributed by atoms with E-state index in [0.717, 1.165) is 29.5 Å². The lowest BCUT2D eigenvalue weighted by molar-refractivity contribution is 0.0168. The Kier molecular flexibility index (Phi) is 8.30. The normalized spacial score (nSPS) is 15.1. The zero-order chi connectivity index (χ0) is 29.1. The molecule has 1 atom stereocenters. The third kappa shape index (κ3) is 6.87. The number of amides is 1. The van der Waals surface area contributed by atoms with Crippen LogP contribution < -0.4 is 5.32 Å². The topological polar surface area (TPSA) is 74.6 Å². The van der Waals surface area contributed by atoms with Crippen molar-refractivity contribution in [1.29, 1.82) is 0 Å². The number of hydrogen-bond donors (Lipinski definition) is 2. The lowest BCUT2D eigenvalue weighted by atomic mass is 9.85. The molecule has 1 aliphatic heterocycles. The molecule has 0 saturated carbocycles. The zero-order valence-corrected chi connectivity index (χ0v) is 24.1. The van der Waals surface area contributed by atoms with E-state index < -0.39 is 11.4 Å². The van der Waals surface area contributed by atoms with E-state index in [1.165, 1.54) is 12.1 Å². The van der Waals surface area contributed by atoms with Crippen molar-refractivity contribution >= 4 is 34.4 Å². The molecule has 1 fully saturated rings. The van der Waals surface area contributed by atoms with Gasteiger partial charge >= 0.3 is 6.09 Å². The Bertz CT molecular complexity index is 1540. The third-order valence-corrected chi connectivity index (χ3v) is 7.59. The molecule has 2 heterocycles. The van der Waals surface area contributed by atoms with Gasteiger partial charge in [0.25, 0.3) is 0 Å². The Balaban J connectivity index is 1.36. The SMILES string of the molecule is [C-]#[N+]c1cccc(-c2ccc(C(NCc3nc4cc(Cl)c(F)cc4[nH]3)C3CCN(C(=O)OC(C)(C)C)CC3)cc2)c1. The molecular weight excluding hydrogens is 541 g/mol. The maximum atomic E-state index is 14.0. The fraction of sp³-hybridized carbons (Fsp3) is 0.344. The van der Waals surface area contributed by atoms with Gasteiger partial charge in [0.1, 0.15) is 17.2 Å². The van der Waals surface area contributed by atoms with Crippen molar-refractivity contribution in [2.45, 2.75) is 51.8 Å². The largest absolute Gasteiger partial charge is 0.444 e.